The first kappa shape index (κ1) is 16.7. The highest BCUT2D eigenvalue weighted by Gasteiger charge is 2.30. The van der Waals surface area contributed by atoms with Crippen molar-refractivity contribution in [2.75, 3.05) is 33.4 Å². The maximum Gasteiger partial charge on any atom is 0.254 e. The summed E-state index contributed by atoms with van der Waals surface area (Å²) in [4.78, 5) is 19.2. The smallest absolute Gasteiger partial charge is 0.254 e. The summed E-state index contributed by atoms with van der Waals surface area (Å²) < 4.78 is 21.9. The Morgan fingerprint density at radius 2 is 2.15 bits per heavy atom. The van der Waals surface area contributed by atoms with Gasteiger partial charge in [0.2, 0.25) is 11.6 Å². The summed E-state index contributed by atoms with van der Waals surface area (Å²) in [6.07, 6.45) is 1.81. The summed E-state index contributed by atoms with van der Waals surface area (Å²) >= 11 is 0. The monoisotopic (exact) mass is 359 g/mol. The molecule has 0 saturated carbocycles. The van der Waals surface area contributed by atoms with Crippen molar-refractivity contribution in [3.05, 3.63) is 29.4 Å². The molecule has 8 heteroatoms. The fraction of sp³-hybridized carbons (Fsp3) is 0.500. The second kappa shape index (κ2) is 6.86. The number of ether oxygens (including phenoxy) is 3. The molecular weight excluding hydrogens is 338 g/mol. The van der Waals surface area contributed by atoms with Gasteiger partial charge in [0.15, 0.2) is 17.3 Å². The second-order valence-corrected chi connectivity index (χ2v) is 6.47. The van der Waals surface area contributed by atoms with E-state index < -0.39 is 0 Å². The summed E-state index contributed by atoms with van der Waals surface area (Å²) in [7, 11) is 1.55. The second-order valence-electron chi connectivity index (χ2n) is 6.47. The molecule has 8 nitrogen and oxygen atoms in total. The fourth-order valence-corrected chi connectivity index (χ4v) is 3.42. The van der Waals surface area contributed by atoms with E-state index in [0.29, 0.717) is 60.8 Å². The Bertz CT molecular complexity index is 802. The van der Waals surface area contributed by atoms with E-state index in [1.807, 2.05) is 4.90 Å². The minimum absolute atomic E-state index is 0.0630. The molecule has 1 fully saturated rings. The van der Waals surface area contributed by atoms with Gasteiger partial charge in [0.25, 0.3) is 5.91 Å². The third-order valence-electron chi connectivity index (χ3n) is 4.68. The van der Waals surface area contributed by atoms with Crippen molar-refractivity contribution in [3.8, 4) is 17.2 Å². The van der Waals surface area contributed by atoms with Crippen molar-refractivity contribution in [2.45, 2.75) is 25.7 Å². The van der Waals surface area contributed by atoms with Crippen LogP contribution in [0.3, 0.4) is 0 Å². The molecule has 0 aliphatic carbocycles. The van der Waals surface area contributed by atoms with E-state index in [9.17, 15) is 4.79 Å². The number of hydrogen-bond donors (Lipinski definition) is 0. The molecule has 26 heavy (non-hydrogen) atoms. The molecule has 4 rings (SSSR count). The number of benzene rings is 1. The van der Waals surface area contributed by atoms with Crippen LogP contribution in [0.2, 0.25) is 0 Å². The van der Waals surface area contributed by atoms with E-state index >= 15 is 0 Å². The first-order valence-corrected chi connectivity index (χ1v) is 8.73. The standard InChI is InChI=1S/C18H21N3O5/c1-11-19-17(26-20-11)12-4-3-5-21(10-12)18(22)13-8-14(23-2)16-15(9-13)24-6-7-25-16/h8-9,12H,3-7,10H2,1-2H3/t12-/m1/s1. The maximum absolute atomic E-state index is 13.0. The molecule has 2 aromatic rings. The summed E-state index contributed by atoms with van der Waals surface area (Å²) in [6.45, 7) is 3.96. The Morgan fingerprint density at radius 1 is 1.31 bits per heavy atom. The van der Waals surface area contributed by atoms with Gasteiger partial charge in [-0.05, 0) is 31.9 Å². The molecule has 2 aliphatic rings. The highest BCUT2D eigenvalue weighted by molar-refractivity contribution is 5.95. The molecule has 0 bridgehead atoms. The van der Waals surface area contributed by atoms with Crippen LogP contribution in [0.5, 0.6) is 17.2 Å². The molecule has 1 aromatic heterocycles. The number of hydrogen-bond acceptors (Lipinski definition) is 7. The average molecular weight is 359 g/mol. The lowest BCUT2D eigenvalue weighted by Gasteiger charge is -2.31. The molecule has 1 atom stereocenters. The van der Waals surface area contributed by atoms with E-state index in [4.69, 9.17) is 18.7 Å². The molecule has 0 radical (unpaired) electrons. The molecular formula is C18H21N3O5. The van der Waals surface area contributed by atoms with Crippen LogP contribution in [-0.2, 0) is 0 Å². The summed E-state index contributed by atoms with van der Waals surface area (Å²) in [5.41, 5.74) is 0.522. The molecule has 1 saturated heterocycles. The number of nitrogens with zero attached hydrogens (tertiary/aromatic N) is 3. The van der Waals surface area contributed by atoms with Crippen LogP contribution >= 0.6 is 0 Å². The van der Waals surface area contributed by atoms with Gasteiger partial charge in [-0.1, -0.05) is 5.16 Å². The van der Waals surface area contributed by atoms with Crippen LogP contribution in [0, 0.1) is 6.92 Å². The molecule has 1 aromatic carbocycles. The number of amides is 1. The van der Waals surface area contributed by atoms with Crippen LogP contribution in [0.1, 0.15) is 40.8 Å². The minimum atomic E-state index is -0.0683. The SMILES string of the molecule is COc1cc(C(=O)N2CCC[C@@H](c3nc(C)no3)C2)cc2c1OCCO2. The van der Waals surface area contributed by atoms with Gasteiger partial charge < -0.3 is 23.6 Å². The van der Waals surface area contributed by atoms with Crippen LogP contribution < -0.4 is 14.2 Å². The van der Waals surface area contributed by atoms with E-state index in [1.165, 1.54) is 0 Å². The summed E-state index contributed by atoms with van der Waals surface area (Å²) in [6, 6.07) is 3.43. The Morgan fingerprint density at radius 3 is 2.92 bits per heavy atom. The quantitative estimate of drug-likeness (QED) is 0.830. The first-order valence-electron chi connectivity index (χ1n) is 8.73. The number of likely N-dealkylation sites (tertiary alicyclic amines) is 1. The van der Waals surface area contributed by atoms with Gasteiger partial charge >= 0.3 is 0 Å². The molecule has 0 spiro atoms. The molecule has 2 aliphatic heterocycles. The lowest BCUT2D eigenvalue weighted by Crippen LogP contribution is -2.39. The van der Waals surface area contributed by atoms with Gasteiger partial charge in [-0.2, -0.15) is 4.98 Å². The predicted octanol–water partition coefficient (Wildman–Crippen LogP) is 2.18. The number of aryl methyl sites for hydroxylation is 1. The summed E-state index contributed by atoms with van der Waals surface area (Å²) in [5.74, 6) is 2.80. The van der Waals surface area contributed by atoms with Crippen molar-refractivity contribution in [1.29, 1.82) is 0 Å². The number of methoxy groups -OCH3 is 1. The lowest BCUT2D eigenvalue weighted by molar-refractivity contribution is 0.0694. The van der Waals surface area contributed by atoms with Crippen LogP contribution in [0.25, 0.3) is 0 Å². The lowest BCUT2D eigenvalue weighted by atomic mass is 9.97. The highest BCUT2D eigenvalue weighted by atomic mass is 16.6. The number of fused-ring (bicyclic) bond motifs is 1. The van der Waals surface area contributed by atoms with Gasteiger partial charge in [0.05, 0.1) is 13.0 Å². The Balaban J connectivity index is 1.57. The number of carbonyl (C=O) groups is 1. The minimum Gasteiger partial charge on any atom is -0.493 e. The number of piperidine rings is 1. The zero-order valence-electron chi connectivity index (χ0n) is 14.9. The zero-order chi connectivity index (χ0) is 18.1. The maximum atomic E-state index is 13.0. The van der Waals surface area contributed by atoms with E-state index in [0.717, 1.165) is 12.8 Å². The van der Waals surface area contributed by atoms with Crippen LogP contribution in [0.4, 0.5) is 0 Å². The Hall–Kier alpha value is -2.77. The average Bonchev–Trinajstić information content (AvgIpc) is 3.13. The molecule has 1 amide bonds. The van der Waals surface area contributed by atoms with E-state index in [1.54, 1.807) is 26.2 Å². The van der Waals surface area contributed by atoms with Crippen molar-refractivity contribution >= 4 is 5.91 Å². The zero-order valence-corrected chi connectivity index (χ0v) is 14.9. The fourth-order valence-electron chi connectivity index (χ4n) is 3.42. The topological polar surface area (TPSA) is 86.9 Å². The normalized spacial score (nSPS) is 19.3. The van der Waals surface area contributed by atoms with Gasteiger partial charge in [-0.3, -0.25) is 4.79 Å². The third kappa shape index (κ3) is 3.07. The van der Waals surface area contributed by atoms with Crippen molar-refractivity contribution in [1.82, 2.24) is 15.0 Å². The van der Waals surface area contributed by atoms with E-state index in [2.05, 4.69) is 10.1 Å². The van der Waals surface area contributed by atoms with Gasteiger partial charge in [0.1, 0.15) is 13.2 Å². The summed E-state index contributed by atoms with van der Waals surface area (Å²) in [5, 5.41) is 3.85. The molecule has 138 valence electrons. The predicted molar refractivity (Wildman–Crippen MR) is 90.9 cm³/mol. The first-order chi connectivity index (χ1) is 12.7. The Kier molecular flexibility index (Phi) is 4.40. The number of aromatic nitrogens is 2. The number of carbonyl (C=O) groups excluding carboxylic acids is 1. The molecule has 0 unspecified atom stereocenters. The largest absolute Gasteiger partial charge is 0.493 e. The van der Waals surface area contributed by atoms with Crippen molar-refractivity contribution in [3.63, 3.8) is 0 Å². The Labute approximate surface area is 151 Å². The van der Waals surface area contributed by atoms with Crippen LogP contribution in [-0.4, -0.2) is 54.4 Å². The van der Waals surface area contributed by atoms with Crippen molar-refractivity contribution < 1.29 is 23.5 Å². The van der Waals surface area contributed by atoms with Gasteiger partial charge in [0, 0.05) is 18.7 Å². The van der Waals surface area contributed by atoms with E-state index in [-0.39, 0.29) is 11.8 Å². The highest BCUT2D eigenvalue weighted by Crippen LogP contribution is 2.41. The van der Waals surface area contributed by atoms with Gasteiger partial charge in [-0.15, -0.1) is 0 Å². The van der Waals surface area contributed by atoms with Gasteiger partial charge in [-0.25, -0.2) is 0 Å². The van der Waals surface area contributed by atoms with Crippen LogP contribution in [0.15, 0.2) is 16.7 Å². The molecule has 0 N–H and O–H groups in total. The van der Waals surface area contributed by atoms with Crippen molar-refractivity contribution in [2.24, 2.45) is 0 Å². The molecule has 3 heterocycles. The third-order valence-corrected chi connectivity index (χ3v) is 4.68. The number of rotatable bonds is 3.